The minimum atomic E-state index is 0.114. The van der Waals surface area contributed by atoms with Crippen LogP contribution < -0.4 is 0 Å². The third kappa shape index (κ3) is 3.74. The topological polar surface area (TPSA) is 54.0 Å². The van der Waals surface area contributed by atoms with Crippen LogP contribution in [0, 0.1) is 0 Å². The number of morpholine rings is 1. The van der Waals surface area contributed by atoms with Crippen molar-refractivity contribution < 1.29 is 4.74 Å². The third-order valence-corrected chi connectivity index (χ3v) is 4.69. The molecule has 0 saturated carbocycles. The fraction of sp³-hybridized carbons (Fsp3) is 0.263. The van der Waals surface area contributed by atoms with Gasteiger partial charge in [0.15, 0.2) is 0 Å². The van der Waals surface area contributed by atoms with Gasteiger partial charge in [0.1, 0.15) is 5.82 Å². The maximum atomic E-state index is 5.97. The number of hydrogen-bond donors (Lipinski definition) is 1. The number of halogens is 1. The molecule has 1 N–H and O–H groups in total. The minimum absolute atomic E-state index is 0.114. The highest BCUT2D eigenvalue weighted by molar-refractivity contribution is 6.30. The molecule has 128 valence electrons. The van der Waals surface area contributed by atoms with Crippen molar-refractivity contribution in [1.29, 1.82) is 0 Å². The number of imidazole rings is 1. The molecule has 1 fully saturated rings. The molecule has 25 heavy (non-hydrogen) atoms. The van der Waals surface area contributed by atoms with Gasteiger partial charge in [-0.3, -0.25) is 9.88 Å². The molecule has 0 amide bonds. The van der Waals surface area contributed by atoms with Crippen LogP contribution >= 0.6 is 11.6 Å². The van der Waals surface area contributed by atoms with E-state index >= 15 is 0 Å². The van der Waals surface area contributed by atoms with Gasteiger partial charge >= 0.3 is 0 Å². The van der Waals surface area contributed by atoms with Crippen LogP contribution in [0.2, 0.25) is 5.02 Å². The summed E-state index contributed by atoms with van der Waals surface area (Å²) >= 11 is 5.97. The number of benzene rings is 1. The Balaban J connectivity index is 1.55. The number of aromatic nitrogens is 3. The smallest absolute Gasteiger partial charge is 0.126 e. The minimum Gasteiger partial charge on any atom is -0.378 e. The summed E-state index contributed by atoms with van der Waals surface area (Å²) in [6, 6.07) is 12.0. The van der Waals surface area contributed by atoms with E-state index in [4.69, 9.17) is 16.3 Å². The summed E-state index contributed by atoms with van der Waals surface area (Å²) < 4.78 is 5.70. The predicted octanol–water partition coefficient (Wildman–Crippen LogP) is 3.70. The van der Waals surface area contributed by atoms with Gasteiger partial charge < -0.3 is 9.72 Å². The standard InChI is InChI=1S/C19H19ClN4O/c20-16-3-1-15(2-4-16)17-11-22-19(23-17)18-13-25-10-9-24(18)12-14-5-7-21-8-6-14/h1-8,11,18H,9-10,12-13H2,(H,22,23). The first kappa shape index (κ1) is 16.3. The number of hydrogen-bond acceptors (Lipinski definition) is 4. The second-order valence-corrected chi connectivity index (χ2v) is 6.54. The highest BCUT2D eigenvalue weighted by Gasteiger charge is 2.27. The molecule has 5 nitrogen and oxygen atoms in total. The Morgan fingerprint density at radius 1 is 1.16 bits per heavy atom. The van der Waals surface area contributed by atoms with E-state index in [0.717, 1.165) is 41.8 Å². The highest BCUT2D eigenvalue weighted by atomic mass is 35.5. The predicted molar refractivity (Wildman–Crippen MR) is 97.2 cm³/mol. The van der Waals surface area contributed by atoms with Crippen LogP contribution in [0.5, 0.6) is 0 Å². The summed E-state index contributed by atoms with van der Waals surface area (Å²) in [6.07, 6.45) is 5.53. The van der Waals surface area contributed by atoms with Gasteiger partial charge in [0.2, 0.25) is 0 Å². The lowest BCUT2D eigenvalue weighted by Gasteiger charge is -2.34. The Morgan fingerprint density at radius 2 is 1.96 bits per heavy atom. The van der Waals surface area contributed by atoms with Crippen molar-refractivity contribution in [2.24, 2.45) is 0 Å². The molecule has 3 heterocycles. The summed E-state index contributed by atoms with van der Waals surface area (Å²) in [6.45, 7) is 3.11. The lowest BCUT2D eigenvalue weighted by molar-refractivity contribution is -0.0156. The number of ether oxygens (including phenoxy) is 1. The summed E-state index contributed by atoms with van der Waals surface area (Å²) in [5.74, 6) is 0.929. The number of H-pyrrole nitrogens is 1. The molecule has 1 saturated heterocycles. The number of nitrogens with one attached hydrogen (secondary N) is 1. The second-order valence-electron chi connectivity index (χ2n) is 6.11. The fourth-order valence-electron chi connectivity index (χ4n) is 3.08. The zero-order chi connectivity index (χ0) is 17.1. The quantitative estimate of drug-likeness (QED) is 0.776. The first-order valence-corrected chi connectivity index (χ1v) is 8.69. The van der Waals surface area contributed by atoms with Crippen molar-refractivity contribution in [2.75, 3.05) is 19.8 Å². The SMILES string of the molecule is Clc1ccc(-c2cnc(C3COCCN3Cc3ccncc3)[nH]2)cc1. The molecule has 1 aliphatic heterocycles. The zero-order valence-electron chi connectivity index (χ0n) is 13.7. The molecule has 1 atom stereocenters. The van der Waals surface area contributed by atoms with Crippen molar-refractivity contribution in [3.05, 3.63) is 71.4 Å². The number of aromatic amines is 1. The zero-order valence-corrected chi connectivity index (χ0v) is 14.5. The Kier molecular flexibility index (Phi) is 4.78. The number of nitrogens with zero attached hydrogens (tertiary/aromatic N) is 3. The van der Waals surface area contributed by atoms with Gasteiger partial charge in [-0.15, -0.1) is 0 Å². The van der Waals surface area contributed by atoms with E-state index in [1.165, 1.54) is 5.56 Å². The van der Waals surface area contributed by atoms with Crippen molar-refractivity contribution >= 4 is 11.6 Å². The van der Waals surface area contributed by atoms with Crippen LogP contribution in [0.4, 0.5) is 0 Å². The van der Waals surface area contributed by atoms with Crippen LogP contribution in [0.3, 0.4) is 0 Å². The monoisotopic (exact) mass is 354 g/mol. The first-order valence-electron chi connectivity index (χ1n) is 8.31. The third-order valence-electron chi connectivity index (χ3n) is 4.44. The second kappa shape index (κ2) is 7.35. The molecule has 2 aromatic heterocycles. The van der Waals surface area contributed by atoms with Crippen molar-refractivity contribution in [2.45, 2.75) is 12.6 Å². The molecule has 0 spiro atoms. The van der Waals surface area contributed by atoms with Gasteiger partial charge in [-0.2, -0.15) is 0 Å². The first-order chi connectivity index (χ1) is 12.3. The van der Waals surface area contributed by atoms with Crippen LogP contribution in [-0.2, 0) is 11.3 Å². The molecule has 0 radical (unpaired) electrons. The normalized spacial score (nSPS) is 18.4. The van der Waals surface area contributed by atoms with E-state index in [0.29, 0.717) is 6.61 Å². The summed E-state index contributed by atoms with van der Waals surface area (Å²) in [5.41, 5.74) is 3.30. The highest BCUT2D eigenvalue weighted by Crippen LogP contribution is 2.27. The Bertz CT molecular complexity index is 819. The molecule has 4 rings (SSSR count). The van der Waals surface area contributed by atoms with Gasteiger partial charge in [0.05, 0.1) is 31.1 Å². The Hall–Kier alpha value is -2.21. The fourth-order valence-corrected chi connectivity index (χ4v) is 3.21. The van der Waals surface area contributed by atoms with Crippen molar-refractivity contribution in [1.82, 2.24) is 19.9 Å². The maximum Gasteiger partial charge on any atom is 0.126 e. The van der Waals surface area contributed by atoms with E-state index in [-0.39, 0.29) is 6.04 Å². The van der Waals surface area contributed by atoms with Gasteiger partial charge in [0, 0.05) is 30.5 Å². The van der Waals surface area contributed by atoms with E-state index < -0.39 is 0 Å². The lowest BCUT2D eigenvalue weighted by atomic mass is 10.1. The van der Waals surface area contributed by atoms with Crippen LogP contribution in [-0.4, -0.2) is 39.6 Å². The van der Waals surface area contributed by atoms with Crippen LogP contribution in [0.1, 0.15) is 17.4 Å². The van der Waals surface area contributed by atoms with Crippen molar-refractivity contribution in [3.8, 4) is 11.3 Å². The number of pyridine rings is 1. The molecule has 6 heteroatoms. The summed E-state index contributed by atoms with van der Waals surface area (Å²) in [4.78, 5) is 14.5. The largest absolute Gasteiger partial charge is 0.378 e. The Morgan fingerprint density at radius 3 is 2.76 bits per heavy atom. The average Bonchev–Trinajstić information content (AvgIpc) is 3.14. The molecule has 0 aliphatic carbocycles. The van der Waals surface area contributed by atoms with Gasteiger partial charge in [-0.25, -0.2) is 4.98 Å². The summed E-state index contributed by atoms with van der Waals surface area (Å²) in [5, 5.41) is 0.729. The maximum absolute atomic E-state index is 5.97. The van der Waals surface area contributed by atoms with E-state index in [2.05, 4.69) is 19.9 Å². The van der Waals surface area contributed by atoms with Crippen molar-refractivity contribution in [3.63, 3.8) is 0 Å². The van der Waals surface area contributed by atoms with Gasteiger partial charge in [0.25, 0.3) is 0 Å². The van der Waals surface area contributed by atoms with Crippen LogP contribution in [0.25, 0.3) is 11.3 Å². The van der Waals surface area contributed by atoms with Gasteiger partial charge in [-0.1, -0.05) is 23.7 Å². The van der Waals surface area contributed by atoms with E-state index in [9.17, 15) is 0 Å². The van der Waals surface area contributed by atoms with E-state index in [1.807, 2.05) is 55.0 Å². The van der Waals surface area contributed by atoms with Gasteiger partial charge in [-0.05, 0) is 35.4 Å². The lowest BCUT2D eigenvalue weighted by Crippen LogP contribution is -2.39. The molecular formula is C19H19ClN4O. The Labute approximate surface area is 151 Å². The average molecular weight is 355 g/mol. The molecule has 3 aromatic rings. The molecule has 1 aromatic carbocycles. The molecule has 0 bridgehead atoms. The van der Waals surface area contributed by atoms with E-state index in [1.54, 1.807) is 0 Å². The molecule has 1 aliphatic rings. The van der Waals surface area contributed by atoms with Crippen LogP contribution in [0.15, 0.2) is 55.0 Å². The summed E-state index contributed by atoms with van der Waals surface area (Å²) in [7, 11) is 0. The number of rotatable bonds is 4. The molecular weight excluding hydrogens is 336 g/mol. The molecule has 1 unspecified atom stereocenters.